The van der Waals surface area contributed by atoms with E-state index in [0.29, 0.717) is 12.4 Å². The second kappa shape index (κ2) is 10.0. The molecule has 7 heteroatoms. The molecular formula is C17H23N3O4. The average Bonchev–Trinajstić information content (AvgIpc) is 2.67. The van der Waals surface area contributed by atoms with Crippen LogP contribution in [0.5, 0.6) is 11.6 Å². The lowest BCUT2D eigenvalue weighted by atomic mass is 10.2. The number of ether oxygens (including phenoxy) is 3. The van der Waals surface area contributed by atoms with Crippen molar-refractivity contribution in [3.63, 3.8) is 0 Å². The van der Waals surface area contributed by atoms with Crippen LogP contribution >= 0.6 is 0 Å². The molecule has 0 amide bonds. The number of carbonyl (C=O) groups is 1. The van der Waals surface area contributed by atoms with Gasteiger partial charge < -0.3 is 19.5 Å². The maximum absolute atomic E-state index is 11.5. The molecule has 2 rings (SSSR count). The lowest BCUT2D eigenvalue weighted by molar-refractivity contribution is 0.0589. The van der Waals surface area contributed by atoms with Crippen LogP contribution in [0, 0.1) is 0 Å². The predicted octanol–water partition coefficient (Wildman–Crippen LogP) is 2.92. The van der Waals surface area contributed by atoms with E-state index in [1.165, 1.54) is 20.4 Å². The molecule has 0 aliphatic carbocycles. The van der Waals surface area contributed by atoms with E-state index < -0.39 is 5.97 Å². The van der Waals surface area contributed by atoms with Crippen molar-refractivity contribution in [1.29, 1.82) is 0 Å². The average molecular weight is 333 g/mol. The van der Waals surface area contributed by atoms with Crippen molar-refractivity contribution in [2.75, 3.05) is 26.6 Å². The molecule has 0 atom stereocenters. The quantitative estimate of drug-likeness (QED) is 0.814. The van der Waals surface area contributed by atoms with Gasteiger partial charge in [0.25, 0.3) is 0 Å². The lowest BCUT2D eigenvalue weighted by Crippen LogP contribution is -2.10. The summed E-state index contributed by atoms with van der Waals surface area (Å²) in [6, 6.07) is 7.64. The number of anilines is 1. The molecule has 7 nitrogen and oxygen atoms in total. The van der Waals surface area contributed by atoms with Gasteiger partial charge in [-0.2, -0.15) is 4.98 Å². The second-order valence-corrected chi connectivity index (χ2v) is 4.31. The lowest BCUT2D eigenvalue weighted by Gasteiger charge is -2.09. The van der Waals surface area contributed by atoms with Crippen LogP contribution in [0.1, 0.15) is 29.9 Å². The van der Waals surface area contributed by atoms with E-state index in [4.69, 9.17) is 9.47 Å². The first kappa shape index (κ1) is 19.2. The van der Waals surface area contributed by atoms with E-state index in [2.05, 4.69) is 20.0 Å². The largest absolute Gasteiger partial charge is 0.497 e. The van der Waals surface area contributed by atoms with Crippen LogP contribution in [0.25, 0.3) is 0 Å². The zero-order chi connectivity index (χ0) is 17.9. The zero-order valence-corrected chi connectivity index (χ0v) is 14.6. The number of hydrogen-bond acceptors (Lipinski definition) is 7. The van der Waals surface area contributed by atoms with Crippen molar-refractivity contribution in [1.82, 2.24) is 9.97 Å². The molecule has 1 aromatic carbocycles. The minimum absolute atomic E-state index is 0.0417. The van der Waals surface area contributed by atoms with Crippen LogP contribution < -0.4 is 14.8 Å². The van der Waals surface area contributed by atoms with E-state index in [1.807, 2.05) is 38.1 Å². The molecule has 24 heavy (non-hydrogen) atoms. The van der Waals surface area contributed by atoms with E-state index in [1.54, 1.807) is 7.11 Å². The van der Waals surface area contributed by atoms with Gasteiger partial charge in [-0.25, -0.2) is 9.78 Å². The Hall–Kier alpha value is -2.83. The molecule has 1 aromatic heterocycles. The highest BCUT2D eigenvalue weighted by Gasteiger charge is 2.16. The van der Waals surface area contributed by atoms with Crippen molar-refractivity contribution in [3.8, 4) is 11.6 Å². The van der Waals surface area contributed by atoms with Crippen LogP contribution in [0.2, 0.25) is 0 Å². The van der Waals surface area contributed by atoms with Crippen LogP contribution in [0.4, 0.5) is 5.82 Å². The summed E-state index contributed by atoms with van der Waals surface area (Å²) < 4.78 is 14.8. The smallest absolute Gasteiger partial charge is 0.362 e. The van der Waals surface area contributed by atoms with Crippen LogP contribution in [0.3, 0.4) is 0 Å². The number of esters is 1. The zero-order valence-electron chi connectivity index (χ0n) is 14.6. The number of aromatic nitrogens is 2. The van der Waals surface area contributed by atoms with Gasteiger partial charge in [-0.3, -0.25) is 0 Å². The van der Waals surface area contributed by atoms with E-state index >= 15 is 0 Å². The molecule has 1 heterocycles. The topological polar surface area (TPSA) is 82.6 Å². The number of nitrogens with zero attached hydrogens (tertiary/aromatic N) is 2. The fourth-order valence-corrected chi connectivity index (χ4v) is 1.77. The number of benzene rings is 1. The Morgan fingerprint density at radius 1 is 1.08 bits per heavy atom. The highest BCUT2D eigenvalue weighted by molar-refractivity contribution is 5.89. The Bertz CT molecular complexity index is 645. The number of hydrogen-bond donors (Lipinski definition) is 1. The molecule has 0 aliphatic rings. The van der Waals surface area contributed by atoms with Gasteiger partial charge in [0.1, 0.15) is 11.6 Å². The third kappa shape index (κ3) is 5.12. The molecule has 0 fully saturated rings. The van der Waals surface area contributed by atoms with E-state index in [0.717, 1.165) is 11.3 Å². The van der Waals surface area contributed by atoms with E-state index in [-0.39, 0.29) is 11.6 Å². The molecule has 0 aliphatic heterocycles. The number of nitrogens with one attached hydrogen (secondary N) is 1. The molecule has 0 radical (unpaired) electrons. The normalized spacial score (nSPS) is 9.38. The van der Waals surface area contributed by atoms with Crippen molar-refractivity contribution >= 4 is 11.8 Å². The summed E-state index contributed by atoms with van der Waals surface area (Å²) in [5.74, 6) is 0.825. The van der Waals surface area contributed by atoms with Gasteiger partial charge in [-0.05, 0) is 17.7 Å². The molecule has 0 bridgehead atoms. The summed E-state index contributed by atoms with van der Waals surface area (Å²) in [7, 11) is 4.32. The summed E-state index contributed by atoms with van der Waals surface area (Å²) in [4.78, 5) is 19.7. The van der Waals surface area contributed by atoms with Gasteiger partial charge in [-0.15, -0.1) is 0 Å². The Kier molecular flexibility index (Phi) is 8.04. The SMILES string of the molecule is CC.COC(=O)c1ncc(NCc2ccc(OC)cc2)nc1OC. The number of carbonyl (C=O) groups excluding carboxylic acids is 1. The number of rotatable bonds is 6. The summed E-state index contributed by atoms with van der Waals surface area (Å²) in [5.41, 5.74) is 1.10. The molecular weight excluding hydrogens is 310 g/mol. The van der Waals surface area contributed by atoms with Gasteiger partial charge in [0.2, 0.25) is 11.6 Å². The third-order valence-corrected chi connectivity index (χ3v) is 2.95. The minimum Gasteiger partial charge on any atom is -0.497 e. The second-order valence-electron chi connectivity index (χ2n) is 4.31. The molecule has 0 saturated heterocycles. The van der Waals surface area contributed by atoms with Gasteiger partial charge in [0.15, 0.2) is 0 Å². The van der Waals surface area contributed by atoms with Gasteiger partial charge in [0, 0.05) is 6.54 Å². The standard InChI is InChI=1S/C15H17N3O4.C2H6/c1-20-11-6-4-10(5-7-11)8-16-12-9-17-13(15(19)22-3)14(18-12)21-2;1-2/h4-7,9H,8H2,1-3H3,(H,16,18);1-2H3. The first-order valence-corrected chi connectivity index (χ1v) is 7.54. The number of methoxy groups -OCH3 is 3. The van der Waals surface area contributed by atoms with Crippen molar-refractivity contribution in [2.24, 2.45) is 0 Å². The molecule has 0 saturated carbocycles. The summed E-state index contributed by atoms with van der Waals surface area (Å²) >= 11 is 0. The van der Waals surface area contributed by atoms with Gasteiger partial charge in [-0.1, -0.05) is 26.0 Å². The molecule has 0 unspecified atom stereocenters. The Morgan fingerprint density at radius 2 is 1.75 bits per heavy atom. The van der Waals surface area contributed by atoms with Crippen molar-refractivity contribution in [2.45, 2.75) is 20.4 Å². The Labute approximate surface area is 142 Å². The first-order chi connectivity index (χ1) is 11.7. The third-order valence-electron chi connectivity index (χ3n) is 2.95. The molecule has 2 aromatic rings. The maximum atomic E-state index is 11.5. The highest BCUT2D eigenvalue weighted by Crippen LogP contribution is 2.17. The van der Waals surface area contributed by atoms with Crippen LogP contribution in [-0.2, 0) is 11.3 Å². The molecule has 1 N–H and O–H groups in total. The monoisotopic (exact) mass is 333 g/mol. The fourth-order valence-electron chi connectivity index (χ4n) is 1.77. The summed E-state index contributed by atoms with van der Waals surface area (Å²) in [6.07, 6.45) is 1.46. The molecule has 0 spiro atoms. The van der Waals surface area contributed by atoms with Crippen molar-refractivity contribution < 1.29 is 19.0 Å². The van der Waals surface area contributed by atoms with Crippen molar-refractivity contribution in [3.05, 3.63) is 41.7 Å². The molecule has 130 valence electrons. The fraction of sp³-hybridized carbons (Fsp3) is 0.353. The van der Waals surface area contributed by atoms with Gasteiger partial charge >= 0.3 is 5.97 Å². The first-order valence-electron chi connectivity index (χ1n) is 7.54. The summed E-state index contributed by atoms with van der Waals surface area (Å²) in [6.45, 7) is 4.55. The maximum Gasteiger partial charge on any atom is 0.362 e. The highest BCUT2D eigenvalue weighted by atomic mass is 16.5. The minimum atomic E-state index is -0.592. The van der Waals surface area contributed by atoms with Gasteiger partial charge in [0.05, 0.1) is 27.5 Å². The Morgan fingerprint density at radius 3 is 2.29 bits per heavy atom. The van der Waals surface area contributed by atoms with Crippen LogP contribution in [-0.4, -0.2) is 37.3 Å². The van der Waals surface area contributed by atoms with Crippen LogP contribution in [0.15, 0.2) is 30.5 Å². The van der Waals surface area contributed by atoms with E-state index in [9.17, 15) is 4.79 Å². The Balaban J connectivity index is 0.00000139. The predicted molar refractivity (Wildman–Crippen MR) is 91.6 cm³/mol. The summed E-state index contributed by atoms with van der Waals surface area (Å²) in [5, 5.41) is 3.11.